The molecule has 4 N–H and O–H groups in total. The lowest BCUT2D eigenvalue weighted by molar-refractivity contribution is -0.121. The molecule has 1 aromatic heterocycles. The predicted octanol–water partition coefficient (Wildman–Crippen LogP) is 0.937. The van der Waals surface area contributed by atoms with Crippen molar-refractivity contribution in [3.8, 4) is 0 Å². The summed E-state index contributed by atoms with van der Waals surface area (Å²) in [5.41, 5.74) is 6.12. The van der Waals surface area contributed by atoms with Crippen molar-refractivity contribution < 1.29 is 9.90 Å². The van der Waals surface area contributed by atoms with E-state index in [0.717, 1.165) is 25.7 Å². The Hall–Kier alpha value is -1.14. The van der Waals surface area contributed by atoms with Crippen LogP contribution in [0.25, 0.3) is 0 Å². The summed E-state index contributed by atoms with van der Waals surface area (Å²) in [6.07, 6.45) is 4.52. The third-order valence-corrected chi connectivity index (χ3v) is 4.29. The number of rotatable bonds is 5. The van der Waals surface area contributed by atoms with Crippen molar-refractivity contribution in [3.05, 3.63) is 11.1 Å². The van der Waals surface area contributed by atoms with Gasteiger partial charge < -0.3 is 16.2 Å². The van der Waals surface area contributed by atoms with E-state index in [1.54, 1.807) is 5.38 Å². The molecule has 0 aromatic carbocycles. The van der Waals surface area contributed by atoms with E-state index in [0.29, 0.717) is 17.4 Å². The zero-order chi connectivity index (χ0) is 13.0. The summed E-state index contributed by atoms with van der Waals surface area (Å²) in [5.74, 6) is -0.0555. The Labute approximate surface area is 110 Å². The Morgan fingerprint density at radius 3 is 2.83 bits per heavy atom. The van der Waals surface area contributed by atoms with E-state index in [9.17, 15) is 9.90 Å². The Bertz CT molecular complexity index is 413. The highest BCUT2D eigenvalue weighted by atomic mass is 32.1. The van der Waals surface area contributed by atoms with Crippen molar-refractivity contribution >= 4 is 22.4 Å². The van der Waals surface area contributed by atoms with Crippen LogP contribution in [0, 0.1) is 5.41 Å². The van der Waals surface area contributed by atoms with Crippen molar-refractivity contribution in [1.82, 2.24) is 10.3 Å². The van der Waals surface area contributed by atoms with Gasteiger partial charge in [-0.25, -0.2) is 4.98 Å². The number of hydrogen-bond donors (Lipinski definition) is 3. The van der Waals surface area contributed by atoms with Gasteiger partial charge in [-0.05, 0) is 12.8 Å². The lowest BCUT2D eigenvalue weighted by Gasteiger charge is -2.26. The first-order chi connectivity index (χ1) is 8.63. The van der Waals surface area contributed by atoms with E-state index in [1.807, 2.05) is 0 Å². The van der Waals surface area contributed by atoms with Crippen LogP contribution in [0.2, 0.25) is 0 Å². The van der Waals surface area contributed by atoms with Gasteiger partial charge in [0.25, 0.3) is 0 Å². The number of hydrogen-bond acceptors (Lipinski definition) is 5. The number of amides is 1. The first kappa shape index (κ1) is 13.3. The van der Waals surface area contributed by atoms with Gasteiger partial charge in [0.2, 0.25) is 5.91 Å². The molecule has 1 aliphatic rings. The van der Waals surface area contributed by atoms with Gasteiger partial charge in [0.15, 0.2) is 5.13 Å². The summed E-state index contributed by atoms with van der Waals surface area (Å²) in [5, 5.41) is 14.6. The minimum Gasteiger partial charge on any atom is -0.396 e. The maximum absolute atomic E-state index is 11.8. The summed E-state index contributed by atoms with van der Waals surface area (Å²) in [4.78, 5) is 15.8. The molecule has 1 fully saturated rings. The maximum atomic E-state index is 11.8. The van der Waals surface area contributed by atoms with Gasteiger partial charge in [-0.3, -0.25) is 4.79 Å². The van der Waals surface area contributed by atoms with E-state index in [1.165, 1.54) is 11.3 Å². The fourth-order valence-electron chi connectivity index (χ4n) is 2.43. The number of nitrogens with two attached hydrogens (primary N) is 1. The van der Waals surface area contributed by atoms with Gasteiger partial charge >= 0.3 is 0 Å². The second-order valence-corrected chi connectivity index (χ2v) is 5.89. The zero-order valence-electron chi connectivity index (χ0n) is 10.3. The van der Waals surface area contributed by atoms with Crippen molar-refractivity contribution in [1.29, 1.82) is 0 Å². The number of aromatic nitrogens is 1. The molecule has 0 bridgehead atoms. The van der Waals surface area contributed by atoms with Gasteiger partial charge in [0, 0.05) is 17.3 Å². The Morgan fingerprint density at radius 1 is 1.56 bits per heavy atom. The molecule has 1 amide bonds. The van der Waals surface area contributed by atoms with Crippen LogP contribution in [0.5, 0.6) is 0 Å². The third kappa shape index (κ3) is 3.20. The van der Waals surface area contributed by atoms with Crippen LogP contribution in [0.4, 0.5) is 5.13 Å². The minimum absolute atomic E-state index is 0.0555. The number of nitrogens with one attached hydrogen (secondary N) is 1. The van der Waals surface area contributed by atoms with Gasteiger partial charge in [0.05, 0.1) is 18.7 Å². The highest BCUT2D eigenvalue weighted by Crippen LogP contribution is 2.36. The number of carbonyl (C=O) groups excluding carboxylic acids is 1. The average Bonchev–Trinajstić information content (AvgIpc) is 2.97. The molecule has 5 nitrogen and oxygen atoms in total. The molecule has 0 saturated heterocycles. The number of aliphatic hydroxyl groups excluding tert-OH is 1. The quantitative estimate of drug-likeness (QED) is 0.742. The van der Waals surface area contributed by atoms with Crippen molar-refractivity contribution in [2.45, 2.75) is 32.1 Å². The number of nitrogen functional groups attached to an aromatic ring is 1. The van der Waals surface area contributed by atoms with Crippen LogP contribution < -0.4 is 11.1 Å². The Morgan fingerprint density at radius 2 is 2.28 bits per heavy atom. The first-order valence-electron chi connectivity index (χ1n) is 6.21. The van der Waals surface area contributed by atoms with Gasteiger partial charge in [-0.2, -0.15) is 0 Å². The molecule has 100 valence electrons. The van der Waals surface area contributed by atoms with Crippen LogP contribution in [0.3, 0.4) is 0 Å². The number of thiazole rings is 1. The molecule has 2 rings (SSSR count). The van der Waals surface area contributed by atoms with Gasteiger partial charge in [-0.1, -0.05) is 12.8 Å². The van der Waals surface area contributed by atoms with E-state index in [-0.39, 0.29) is 24.3 Å². The highest BCUT2D eigenvalue weighted by Gasteiger charge is 2.33. The van der Waals surface area contributed by atoms with Gasteiger partial charge in [-0.15, -0.1) is 11.3 Å². The minimum atomic E-state index is -0.100. The Balaban J connectivity index is 1.81. The molecule has 6 heteroatoms. The van der Waals surface area contributed by atoms with E-state index in [2.05, 4.69) is 10.3 Å². The SMILES string of the molecule is Nc1nc(CC(=O)NCC2(CO)CCCC2)cs1. The van der Waals surface area contributed by atoms with E-state index in [4.69, 9.17) is 5.73 Å². The fourth-order valence-corrected chi connectivity index (χ4v) is 3.00. The summed E-state index contributed by atoms with van der Waals surface area (Å²) < 4.78 is 0. The van der Waals surface area contributed by atoms with Crippen LogP contribution in [0.1, 0.15) is 31.4 Å². The lowest BCUT2D eigenvalue weighted by atomic mass is 9.87. The standard InChI is InChI=1S/C12H19N3O2S/c13-11-15-9(6-18-11)5-10(17)14-7-12(8-16)3-1-2-4-12/h6,16H,1-5,7-8H2,(H2,13,15)(H,14,17). The lowest BCUT2D eigenvalue weighted by Crippen LogP contribution is -2.38. The molecule has 0 aliphatic heterocycles. The number of nitrogens with zero attached hydrogens (tertiary/aromatic N) is 1. The third-order valence-electron chi connectivity index (χ3n) is 3.57. The highest BCUT2D eigenvalue weighted by molar-refractivity contribution is 7.13. The molecule has 1 heterocycles. The van der Waals surface area contributed by atoms with Crippen molar-refractivity contribution in [3.63, 3.8) is 0 Å². The largest absolute Gasteiger partial charge is 0.396 e. The number of anilines is 1. The fraction of sp³-hybridized carbons (Fsp3) is 0.667. The van der Waals surface area contributed by atoms with Crippen LogP contribution >= 0.6 is 11.3 Å². The molecule has 18 heavy (non-hydrogen) atoms. The number of carbonyl (C=O) groups is 1. The zero-order valence-corrected chi connectivity index (χ0v) is 11.1. The summed E-state index contributed by atoms with van der Waals surface area (Å²) in [6.45, 7) is 0.707. The van der Waals surface area contributed by atoms with E-state index < -0.39 is 0 Å². The molecule has 0 unspecified atom stereocenters. The molecule has 0 spiro atoms. The summed E-state index contributed by atoms with van der Waals surface area (Å²) >= 11 is 1.34. The average molecular weight is 269 g/mol. The monoisotopic (exact) mass is 269 g/mol. The van der Waals surface area contributed by atoms with Crippen LogP contribution in [-0.4, -0.2) is 29.1 Å². The topological polar surface area (TPSA) is 88.2 Å². The summed E-state index contributed by atoms with van der Waals surface area (Å²) in [6, 6.07) is 0. The molecular weight excluding hydrogens is 250 g/mol. The molecule has 1 saturated carbocycles. The maximum Gasteiger partial charge on any atom is 0.226 e. The first-order valence-corrected chi connectivity index (χ1v) is 7.09. The number of aliphatic hydroxyl groups is 1. The molecular formula is C12H19N3O2S. The van der Waals surface area contributed by atoms with Crippen LogP contribution in [0.15, 0.2) is 5.38 Å². The predicted molar refractivity (Wildman–Crippen MR) is 71.2 cm³/mol. The smallest absolute Gasteiger partial charge is 0.226 e. The summed E-state index contributed by atoms with van der Waals surface area (Å²) in [7, 11) is 0. The normalized spacial score (nSPS) is 17.8. The Kier molecular flexibility index (Phi) is 4.19. The van der Waals surface area contributed by atoms with E-state index >= 15 is 0 Å². The molecule has 0 radical (unpaired) electrons. The molecule has 0 atom stereocenters. The van der Waals surface area contributed by atoms with Crippen molar-refractivity contribution in [2.24, 2.45) is 5.41 Å². The van der Waals surface area contributed by atoms with Crippen LogP contribution in [-0.2, 0) is 11.2 Å². The second-order valence-electron chi connectivity index (χ2n) is 5.00. The molecule has 1 aliphatic carbocycles. The van der Waals surface area contributed by atoms with Crippen molar-refractivity contribution in [2.75, 3.05) is 18.9 Å². The van der Waals surface area contributed by atoms with Gasteiger partial charge in [0.1, 0.15) is 0 Å². The molecule has 1 aromatic rings. The second kappa shape index (κ2) is 5.67.